The zero-order chi connectivity index (χ0) is 55.4. The molecule has 28 unspecified atom stereocenters. The van der Waals surface area contributed by atoms with Crippen LogP contribution in [0.4, 0.5) is 0 Å². The fourth-order valence-corrected chi connectivity index (χ4v) is 34.9. The summed E-state index contributed by atoms with van der Waals surface area (Å²) in [6.07, 6.45) is 66.3. The zero-order valence-corrected chi connectivity index (χ0v) is 55.7. The molecule has 17 aliphatic rings. The van der Waals surface area contributed by atoms with Gasteiger partial charge >= 0.3 is 0 Å². The van der Waals surface area contributed by atoms with Crippen LogP contribution in [-0.4, -0.2) is 72.8 Å². The number of fused-ring (bicyclic) bond motifs is 12. The molecule has 5 aliphatic heterocycles. The Kier molecular flexibility index (Phi) is 17.6. The third kappa shape index (κ3) is 10.7. The van der Waals surface area contributed by atoms with Crippen molar-refractivity contribution in [3.05, 3.63) is 0 Å². The summed E-state index contributed by atoms with van der Waals surface area (Å²) in [6.45, 7) is 0. The van der Waals surface area contributed by atoms with E-state index in [9.17, 15) is 5.26 Å². The SMILES string of the molecule is N#CC1C(C2CCC3SC4CCCCC4C3C2)C(C2CCC(N3C4CCCCC4C4CCCCC43)CC2)C(C2CCC3SC4CCCCC4C3C2)C(C2CCC3SC4CCCCC4C3C2)C1C1CC(C2CCCCC2)NC(C2CCCCC2)N1. The van der Waals surface area contributed by atoms with Gasteiger partial charge in [0.25, 0.3) is 0 Å². The maximum Gasteiger partial charge on any atom is 0.0662 e. The molecule has 12 saturated carbocycles. The summed E-state index contributed by atoms with van der Waals surface area (Å²) in [5.74, 6) is 16.5. The van der Waals surface area contributed by atoms with E-state index < -0.39 is 0 Å². The van der Waals surface area contributed by atoms with Crippen LogP contribution in [0.25, 0.3) is 0 Å². The summed E-state index contributed by atoms with van der Waals surface area (Å²) in [7, 11) is 0. The second-order valence-corrected chi connectivity index (χ2v) is 39.3. The highest BCUT2D eigenvalue weighted by Crippen LogP contribution is 2.69. The molecule has 17 fully saturated rings. The Balaban J connectivity index is 0.799. The van der Waals surface area contributed by atoms with Crippen LogP contribution in [-0.2, 0) is 0 Å². The van der Waals surface area contributed by atoms with Crippen LogP contribution in [0.1, 0.15) is 283 Å². The average molecular weight is 1200 g/mol. The third-order valence-corrected chi connectivity index (χ3v) is 37.3. The van der Waals surface area contributed by atoms with Crippen molar-refractivity contribution in [3.8, 4) is 6.07 Å². The Morgan fingerprint density at radius 1 is 0.286 bits per heavy atom. The Labute approximate surface area is 527 Å². The lowest BCUT2D eigenvalue weighted by Crippen LogP contribution is -2.68. The van der Waals surface area contributed by atoms with Crippen molar-refractivity contribution in [1.82, 2.24) is 15.5 Å². The number of nitrogens with one attached hydrogen (secondary N) is 2. The van der Waals surface area contributed by atoms with Crippen molar-refractivity contribution in [2.24, 2.45) is 118 Å². The van der Waals surface area contributed by atoms with Crippen LogP contribution in [0.15, 0.2) is 0 Å². The largest absolute Gasteiger partial charge is 0.299 e. The van der Waals surface area contributed by atoms with E-state index in [0.29, 0.717) is 30.1 Å². The van der Waals surface area contributed by atoms with Gasteiger partial charge in [-0.2, -0.15) is 40.5 Å². The van der Waals surface area contributed by atoms with E-state index in [0.717, 1.165) is 150 Å². The number of hydrogen-bond acceptors (Lipinski definition) is 7. The molecule has 28 atom stereocenters. The third-order valence-electron chi connectivity index (χ3n) is 31.7. The van der Waals surface area contributed by atoms with E-state index in [-0.39, 0.29) is 5.92 Å². The predicted octanol–water partition coefficient (Wildman–Crippen LogP) is 19.3. The van der Waals surface area contributed by atoms with Gasteiger partial charge in [0.2, 0.25) is 0 Å². The topological polar surface area (TPSA) is 51.1 Å². The van der Waals surface area contributed by atoms with Gasteiger partial charge in [-0.3, -0.25) is 15.5 Å². The Morgan fingerprint density at radius 2 is 0.667 bits per heavy atom. The lowest BCUT2D eigenvalue weighted by molar-refractivity contribution is -0.139. The fourth-order valence-electron chi connectivity index (χ4n) is 28.6. The van der Waals surface area contributed by atoms with Gasteiger partial charge in [-0.1, -0.05) is 103 Å². The molecule has 0 radical (unpaired) electrons. The molecule has 0 aromatic carbocycles. The molecule has 5 heterocycles. The predicted molar refractivity (Wildman–Crippen MR) is 355 cm³/mol. The minimum atomic E-state index is 0.227. The van der Waals surface area contributed by atoms with Crippen LogP contribution in [0.2, 0.25) is 0 Å². The van der Waals surface area contributed by atoms with E-state index >= 15 is 0 Å². The Bertz CT molecular complexity index is 2200. The molecule has 468 valence electrons. The van der Waals surface area contributed by atoms with E-state index in [4.69, 9.17) is 5.32 Å². The number of likely N-dealkylation sites (tertiary alicyclic amines) is 1. The Morgan fingerprint density at radius 3 is 1.17 bits per heavy atom. The first-order chi connectivity index (χ1) is 41.6. The standard InChI is InChI=1S/C77H122N4S3/c78-45-61-72(49-33-38-69-58(41-49)55-23-9-14-28-66(55)82-69)73(47-31-36-52(37-32-47)81-64-26-12-7-21-53(64)54-22-8-13-27-65(54)81)74(50-34-39-70-59(42-50)56-24-10-15-29-67(56)83-70)75(51-35-40-71-60(43-51)57-25-11-16-30-68(57)84-71)76(61)63-44-62(46-17-3-1-4-18-46)79-77(80-63)48-19-5-2-6-20-48/h46-77,79-80H,1-44H2. The minimum Gasteiger partial charge on any atom is -0.299 e. The van der Waals surface area contributed by atoms with Gasteiger partial charge in [0.05, 0.1) is 18.2 Å². The van der Waals surface area contributed by atoms with Gasteiger partial charge in [0.15, 0.2) is 0 Å². The quantitative estimate of drug-likeness (QED) is 0.251. The van der Waals surface area contributed by atoms with Crippen LogP contribution in [0, 0.1) is 130 Å². The highest BCUT2D eigenvalue weighted by molar-refractivity contribution is 8.01. The number of rotatable bonds is 8. The molecule has 17 rings (SSSR count). The van der Waals surface area contributed by atoms with Crippen LogP contribution >= 0.6 is 35.3 Å². The van der Waals surface area contributed by atoms with Crippen molar-refractivity contribution < 1.29 is 0 Å². The van der Waals surface area contributed by atoms with Gasteiger partial charge in [-0.15, -0.1) is 0 Å². The summed E-state index contributed by atoms with van der Waals surface area (Å²) in [5.41, 5.74) is 0. The average Bonchev–Trinajstić information content (AvgIpc) is 2.55. The van der Waals surface area contributed by atoms with Crippen molar-refractivity contribution in [2.45, 2.75) is 350 Å². The molecule has 0 amide bonds. The second kappa shape index (κ2) is 25.4. The maximum atomic E-state index is 13.2. The molecular formula is C77H122N4S3. The summed E-state index contributed by atoms with van der Waals surface area (Å²) in [5, 5.41) is 28.3. The summed E-state index contributed by atoms with van der Waals surface area (Å²) < 4.78 is 0. The minimum absolute atomic E-state index is 0.227. The highest BCUT2D eigenvalue weighted by Gasteiger charge is 2.65. The maximum absolute atomic E-state index is 13.2. The van der Waals surface area contributed by atoms with Gasteiger partial charge in [0, 0.05) is 61.7 Å². The summed E-state index contributed by atoms with van der Waals surface area (Å²) in [4.78, 5) is 3.38. The smallest absolute Gasteiger partial charge is 0.0662 e. The van der Waals surface area contributed by atoms with Gasteiger partial charge in [-0.05, 0) is 292 Å². The fraction of sp³-hybridized carbons (Fsp3) is 0.987. The molecule has 0 bridgehead atoms. The second-order valence-electron chi connectivity index (χ2n) is 34.8. The molecule has 0 aromatic rings. The molecule has 2 N–H and O–H groups in total. The molecule has 0 spiro atoms. The molecule has 5 saturated heterocycles. The summed E-state index contributed by atoms with van der Waals surface area (Å²) in [6, 6.07) is 7.56. The highest BCUT2D eigenvalue weighted by atomic mass is 32.2. The van der Waals surface area contributed by atoms with E-state index in [2.05, 4.69) is 51.6 Å². The van der Waals surface area contributed by atoms with E-state index in [1.54, 1.807) is 38.5 Å². The first kappa shape index (κ1) is 58.3. The van der Waals surface area contributed by atoms with Crippen LogP contribution in [0.5, 0.6) is 0 Å². The molecule has 7 heteroatoms. The molecular weight excluding hydrogens is 1080 g/mol. The molecule has 0 aromatic heterocycles. The monoisotopic (exact) mass is 1200 g/mol. The van der Waals surface area contributed by atoms with Gasteiger partial charge in [0.1, 0.15) is 0 Å². The molecule has 4 nitrogen and oxygen atoms in total. The first-order valence-corrected chi connectivity index (χ1v) is 42.1. The van der Waals surface area contributed by atoms with Crippen LogP contribution < -0.4 is 10.6 Å². The normalized spacial score (nSPS) is 54.6. The van der Waals surface area contributed by atoms with Crippen molar-refractivity contribution in [2.75, 3.05) is 0 Å². The first-order valence-electron chi connectivity index (χ1n) is 39.3. The van der Waals surface area contributed by atoms with Crippen LogP contribution in [0.3, 0.4) is 0 Å². The number of hydrogen-bond donors (Lipinski definition) is 2. The van der Waals surface area contributed by atoms with Crippen molar-refractivity contribution in [1.29, 1.82) is 5.26 Å². The lowest BCUT2D eigenvalue weighted by atomic mass is 9.42. The van der Waals surface area contributed by atoms with Gasteiger partial charge < -0.3 is 0 Å². The molecule has 12 aliphatic carbocycles. The number of nitriles is 1. The molecule has 84 heavy (non-hydrogen) atoms. The number of thioether (sulfide) groups is 3. The Hall–Kier alpha value is 0.420. The van der Waals surface area contributed by atoms with E-state index in [1.165, 1.54) is 244 Å². The summed E-state index contributed by atoms with van der Waals surface area (Å²) >= 11 is 7.63. The van der Waals surface area contributed by atoms with Gasteiger partial charge in [-0.25, -0.2) is 0 Å². The lowest BCUT2D eigenvalue weighted by Gasteiger charge is -2.63. The number of nitrogens with zero attached hydrogens (tertiary/aromatic N) is 2. The van der Waals surface area contributed by atoms with Crippen molar-refractivity contribution >= 4 is 35.3 Å². The van der Waals surface area contributed by atoms with E-state index in [1.807, 2.05) is 0 Å². The van der Waals surface area contributed by atoms with Crippen molar-refractivity contribution in [3.63, 3.8) is 0 Å². The zero-order valence-electron chi connectivity index (χ0n) is 53.2.